The number of nitrogens with zero attached hydrogens (tertiary/aromatic N) is 3. The van der Waals surface area contributed by atoms with Crippen LogP contribution in [0.25, 0.3) is 0 Å². The molecule has 0 radical (unpaired) electrons. The van der Waals surface area contributed by atoms with Crippen LogP contribution in [-0.2, 0) is 5.60 Å². The predicted molar refractivity (Wildman–Crippen MR) is 68.4 cm³/mol. The first-order chi connectivity index (χ1) is 9.09. The van der Waals surface area contributed by atoms with Crippen LogP contribution in [0.5, 0.6) is 5.88 Å². The fourth-order valence-corrected chi connectivity index (χ4v) is 1.81. The molecule has 0 saturated carbocycles. The van der Waals surface area contributed by atoms with Gasteiger partial charge in [-0.3, -0.25) is 4.98 Å². The van der Waals surface area contributed by atoms with E-state index < -0.39 is 5.60 Å². The highest BCUT2D eigenvalue weighted by molar-refractivity contribution is 5.39. The zero-order valence-electron chi connectivity index (χ0n) is 10.7. The molecule has 5 heteroatoms. The minimum absolute atomic E-state index is 0.275. The summed E-state index contributed by atoms with van der Waals surface area (Å²) >= 11 is 0. The van der Waals surface area contributed by atoms with Crippen molar-refractivity contribution in [3.05, 3.63) is 53.5 Å². The van der Waals surface area contributed by atoms with E-state index in [1.165, 1.54) is 19.5 Å². The molecule has 0 aliphatic carbocycles. The summed E-state index contributed by atoms with van der Waals surface area (Å²) in [5, 5.41) is 19.4. The number of hydrogen-bond acceptors (Lipinski definition) is 5. The van der Waals surface area contributed by atoms with Crippen molar-refractivity contribution in [2.24, 2.45) is 0 Å². The molecule has 2 rings (SSSR count). The van der Waals surface area contributed by atoms with Crippen molar-refractivity contribution in [2.45, 2.75) is 12.5 Å². The van der Waals surface area contributed by atoms with Crippen molar-refractivity contribution in [3.63, 3.8) is 0 Å². The number of benzene rings is 1. The molecular weight excluding hydrogens is 242 g/mol. The van der Waals surface area contributed by atoms with E-state index in [0.717, 1.165) is 0 Å². The number of nitriles is 1. The molecular formula is C14H13N3O2. The van der Waals surface area contributed by atoms with Gasteiger partial charge in [-0.15, -0.1) is 0 Å². The van der Waals surface area contributed by atoms with Gasteiger partial charge in [0.05, 0.1) is 18.7 Å². The Morgan fingerprint density at radius 2 is 1.84 bits per heavy atom. The van der Waals surface area contributed by atoms with E-state index in [1.54, 1.807) is 31.2 Å². The minimum Gasteiger partial charge on any atom is -0.480 e. The van der Waals surface area contributed by atoms with Crippen LogP contribution in [0, 0.1) is 11.3 Å². The van der Waals surface area contributed by atoms with E-state index in [-0.39, 0.29) is 5.88 Å². The Morgan fingerprint density at radius 3 is 2.42 bits per heavy atom. The van der Waals surface area contributed by atoms with E-state index in [2.05, 4.69) is 9.97 Å². The normalized spacial score (nSPS) is 13.4. The van der Waals surface area contributed by atoms with Gasteiger partial charge in [0, 0.05) is 12.4 Å². The molecule has 19 heavy (non-hydrogen) atoms. The van der Waals surface area contributed by atoms with Crippen LogP contribution in [-0.4, -0.2) is 22.2 Å². The van der Waals surface area contributed by atoms with Gasteiger partial charge in [0.25, 0.3) is 0 Å². The van der Waals surface area contributed by atoms with Gasteiger partial charge in [-0.25, -0.2) is 4.98 Å². The van der Waals surface area contributed by atoms with E-state index in [1.807, 2.05) is 6.07 Å². The molecule has 0 bridgehead atoms. The lowest BCUT2D eigenvalue weighted by Crippen LogP contribution is -2.25. The van der Waals surface area contributed by atoms with E-state index in [9.17, 15) is 5.11 Å². The van der Waals surface area contributed by atoms with Crippen LogP contribution in [0.4, 0.5) is 0 Å². The summed E-state index contributed by atoms with van der Waals surface area (Å²) in [7, 11) is 1.47. The van der Waals surface area contributed by atoms with Crippen molar-refractivity contribution in [3.8, 4) is 11.9 Å². The van der Waals surface area contributed by atoms with Gasteiger partial charge in [0.1, 0.15) is 11.3 Å². The molecule has 1 heterocycles. The Morgan fingerprint density at radius 1 is 1.21 bits per heavy atom. The zero-order valence-corrected chi connectivity index (χ0v) is 10.7. The summed E-state index contributed by atoms with van der Waals surface area (Å²) in [5.74, 6) is 0.275. The fraction of sp³-hybridized carbons (Fsp3) is 0.214. The van der Waals surface area contributed by atoms with Crippen molar-refractivity contribution in [2.75, 3.05) is 7.11 Å². The quantitative estimate of drug-likeness (QED) is 0.901. The van der Waals surface area contributed by atoms with Gasteiger partial charge in [0.2, 0.25) is 5.88 Å². The highest BCUT2D eigenvalue weighted by Gasteiger charge is 2.31. The van der Waals surface area contributed by atoms with Crippen LogP contribution in [0.1, 0.15) is 23.7 Å². The summed E-state index contributed by atoms with van der Waals surface area (Å²) in [4.78, 5) is 8.16. The van der Waals surface area contributed by atoms with Crippen LogP contribution in [0.3, 0.4) is 0 Å². The smallest absolute Gasteiger partial charge is 0.238 e. The number of aliphatic hydroxyl groups is 1. The Balaban J connectivity index is 2.48. The second-order valence-electron chi connectivity index (χ2n) is 4.18. The maximum Gasteiger partial charge on any atom is 0.238 e. The Labute approximate surface area is 111 Å². The summed E-state index contributed by atoms with van der Waals surface area (Å²) in [6, 6.07) is 8.70. The molecule has 1 aromatic heterocycles. The molecule has 0 aliphatic heterocycles. The molecule has 96 valence electrons. The average Bonchev–Trinajstić information content (AvgIpc) is 2.47. The molecule has 0 fully saturated rings. The Bertz CT molecular complexity index is 615. The molecule has 0 aliphatic rings. The van der Waals surface area contributed by atoms with Gasteiger partial charge >= 0.3 is 0 Å². The number of aromatic nitrogens is 2. The Hall–Kier alpha value is -2.45. The van der Waals surface area contributed by atoms with Crippen molar-refractivity contribution < 1.29 is 9.84 Å². The average molecular weight is 255 g/mol. The molecule has 5 nitrogen and oxygen atoms in total. The molecule has 0 spiro atoms. The van der Waals surface area contributed by atoms with Crippen molar-refractivity contribution >= 4 is 0 Å². The third-order valence-corrected chi connectivity index (χ3v) is 2.90. The first-order valence-corrected chi connectivity index (χ1v) is 5.68. The van der Waals surface area contributed by atoms with Gasteiger partial charge in [-0.05, 0) is 24.6 Å². The molecule has 1 unspecified atom stereocenters. The van der Waals surface area contributed by atoms with E-state index >= 15 is 0 Å². The van der Waals surface area contributed by atoms with Gasteiger partial charge < -0.3 is 9.84 Å². The summed E-state index contributed by atoms with van der Waals surface area (Å²) < 4.78 is 5.11. The first kappa shape index (κ1) is 13.0. The second-order valence-corrected chi connectivity index (χ2v) is 4.18. The maximum absolute atomic E-state index is 10.7. The van der Waals surface area contributed by atoms with Crippen LogP contribution >= 0.6 is 0 Å². The summed E-state index contributed by atoms with van der Waals surface area (Å²) in [6.45, 7) is 1.61. The van der Waals surface area contributed by atoms with Crippen molar-refractivity contribution in [1.29, 1.82) is 5.26 Å². The van der Waals surface area contributed by atoms with Crippen molar-refractivity contribution in [1.82, 2.24) is 9.97 Å². The number of methoxy groups -OCH3 is 1. The minimum atomic E-state index is -1.34. The number of ether oxygens (including phenoxy) is 1. The lowest BCUT2D eigenvalue weighted by atomic mass is 9.92. The molecule has 0 saturated heterocycles. The van der Waals surface area contributed by atoms with E-state index in [4.69, 9.17) is 10.00 Å². The largest absolute Gasteiger partial charge is 0.480 e. The highest BCUT2D eigenvalue weighted by Crippen LogP contribution is 2.32. The summed E-state index contributed by atoms with van der Waals surface area (Å²) in [6.07, 6.45) is 2.99. The maximum atomic E-state index is 10.7. The molecule has 2 aromatic rings. The molecule has 1 N–H and O–H groups in total. The fourth-order valence-electron chi connectivity index (χ4n) is 1.81. The first-order valence-electron chi connectivity index (χ1n) is 5.68. The molecule has 1 atom stereocenters. The summed E-state index contributed by atoms with van der Waals surface area (Å²) in [5.41, 5.74) is 0.145. The third kappa shape index (κ3) is 2.39. The standard InChI is InChI=1S/C14H13N3O2/c1-14(18,11-5-3-10(9-15)4-6-11)12-13(19-2)17-8-7-16-12/h3-8,18H,1-2H3. The topological polar surface area (TPSA) is 79.0 Å². The number of hydrogen-bond donors (Lipinski definition) is 1. The zero-order chi connectivity index (χ0) is 13.9. The third-order valence-electron chi connectivity index (χ3n) is 2.90. The Kier molecular flexibility index (Phi) is 3.45. The monoisotopic (exact) mass is 255 g/mol. The molecule has 0 amide bonds. The van der Waals surface area contributed by atoms with Gasteiger partial charge in [-0.1, -0.05) is 12.1 Å². The van der Waals surface area contributed by atoms with Crippen LogP contribution in [0.2, 0.25) is 0 Å². The second kappa shape index (κ2) is 5.04. The highest BCUT2D eigenvalue weighted by atomic mass is 16.5. The predicted octanol–water partition coefficient (Wildman–Crippen LogP) is 1.61. The van der Waals surface area contributed by atoms with Crippen LogP contribution < -0.4 is 4.74 Å². The lowest BCUT2D eigenvalue weighted by molar-refractivity contribution is 0.0929. The van der Waals surface area contributed by atoms with Crippen LogP contribution in [0.15, 0.2) is 36.7 Å². The number of rotatable bonds is 3. The SMILES string of the molecule is COc1nccnc1C(C)(O)c1ccc(C#N)cc1. The van der Waals surface area contributed by atoms with E-state index in [0.29, 0.717) is 16.8 Å². The van der Waals surface area contributed by atoms with Gasteiger partial charge in [0.15, 0.2) is 0 Å². The lowest BCUT2D eigenvalue weighted by Gasteiger charge is -2.24. The van der Waals surface area contributed by atoms with Gasteiger partial charge in [-0.2, -0.15) is 5.26 Å². The molecule has 1 aromatic carbocycles.